The van der Waals surface area contributed by atoms with Gasteiger partial charge in [0.2, 0.25) is 0 Å². The summed E-state index contributed by atoms with van der Waals surface area (Å²) in [6.45, 7) is 0. The number of aromatic carboxylic acids is 1. The van der Waals surface area contributed by atoms with E-state index in [0.717, 1.165) is 47.2 Å². The van der Waals surface area contributed by atoms with Gasteiger partial charge in [-0.05, 0) is 42.5 Å². The van der Waals surface area contributed by atoms with Crippen molar-refractivity contribution in [3.63, 3.8) is 0 Å². The van der Waals surface area contributed by atoms with Crippen molar-refractivity contribution in [1.82, 2.24) is 19.6 Å². The van der Waals surface area contributed by atoms with E-state index >= 15 is 0 Å². The summed E-state index contributed by atoms with van der Waals surface area (Å²) in [7, 11) is 0. The number of nitrogens with two attached hydrogens (primary N) is 1. The monoisotopic (exact) mass is 461 g/mol. The molecule has 3 heterocycles. The van der Waals surface area contributed by atoms with Gasteiger partial charge in [0, 0.05) is 34.6 Å². The number of hydrogen-bond acceptors (Lipinski definition) is 5. The number of carboxylic acids is 1. The Balaban J connectivity index is 1.53. The van der Waals surface area contributed by atoms with Gasteiger partial charge < -0.3 is 10.8 Å². The fourth-order valence-electron chi connectivity index (χ4n) is 4.67. The second-order valence-electron chi connectivity index (χ2n) is 9.04. The molecule has 6 rings (SSSR count). The van der Waals surface area contributed by atoms with Gasteiger partial charge in [0.1, 0.15) is 0 Å². The number of aromatic nitrogens is 4. The molecule has 1 aliphatic carbocycles. The smallest absolute Gasteiger partial charge is 0.337 e. The number of imidazole rings is 1. The third kappa shape index (κ3) is 3.66. The summed E-state index contributed by atoms with van der Waals surface area (Å²) < 4.78 is 1.74. The first kappa shape index (κ1) is 21.2. The van der Waals surface area contributed by atoms with E-state index < -0.39 is 5.97 Å². The second kappa shape index (κ2) is 8.14. The molecule has 35 heavy (non-hydrogen) atoms. The van der Waals surface area contributed by atoms with Crippen molar-refractivity contribution < 1.29 is 9.90 Å². The number of carboxylic acid groups (broad SMARTS) is 1. The molecule has 1 fully saturated rings. The largest absolute Gasteiger partial charge is 0.478 e. The maximum absolute atomic E-state index is 11.5. The van der Waals surface area contributed by atoms with Gasteiger partial charge in [0.15, 0.2) is 5.65 Å². The summed E-state index contributed by atoms with van der Waals surface area (Å²) in [6.07, 6.45) is 7.82. The molecule has 5 aromatic rings. The Bertz CT molecular complexity index is 1550. The van der Waals surface area contributed by atoms with Crippen LogP contribution in [0.15, 0.2) is 85.3 Å². The minimum atomic E-state index is -1.03. The van der Waals surface area contributed by atoms with Crippen LogP contribution in [0, 0.1) is 0 Å². The Kier molecular flexibility index (Phi) is 4.93. The topological polar surface area (TPSA) is 106 Å². The number of nitrogens with zero attached hydrogens (tertiary/aromatic N) is 4. The van der Waals surface area contributed by atoms with Crippen LogP contribution in [0.25, 0.3) is 39.3 Å². The van der Waals surface area contributed by atoms with E-state index in [0.29, 0.717) is 16.9 Å². The quantitative estimate of drug-likeness (QED) is 0.374. The minimum absolute atomic E-state index is 0.112. The zero-order chi connectivity index (χ0) is 24.0. The van der Waals surface area contributed by atoms with Gasteiger partial charge in [-0.2, -0.15) is 5.10 Å². The number of hydrogen-bond donors (Lipinski definition) is 2. The van der Waals surface area contributed by atoms with Crippen LogP contribution in [-0.2, 0) is 5.54 Å². The van der Waals surface area contributed by atoms with Gasteiger partial charge in [0.05, 0.1) is 23.1 Å². The first-order valence-electron chi connectivity index (χ1n) is 11.5. The van der Waals surface area contributed by atoms with E-state index in [2.05, 4.69) is 46.4 Å². The maximum atomic E-state index is 11.5. The molecule has 0 spiro atoms. The fourth-order valence-corrected chi connectivity index (χ4v) is 4.67. The third-order valence-electron chi connectivity index (χ3n) is 6.84. The highest BCUT2D eigenvalue weighted by Gasteiger charge is 2.34. The molecule has 2 aromatic carbocycles. The Labute approximate surface area is 201 Å². The lowest BCUT2D eigenvalue weighted by molar-refractivity contribution is 0.0696. The van der Waals surface area contributed by atoms with Crippen molar-refractivity contribution in [3.05, 3.63) is 96.4 Å². The first-order chi connectivity index (χ1) is 17.0. The molecule has 1 saturated carbocycles. The maximum Gasteiger partial charge on any atom is 0.337 e. The number of rotatable bonds is 5. The van der Waals surface area contributed by atoms with Gasteiger partial charge in [-0.3, -0.25) is 4.98 Å². The highest BCUT2D eigenvalue weighted by Crippen LogP contribution is 2.40. The van der Waals surface area contributed by atoms with E-state index in [4.69, 9.17) is 10.8 Å². The zero-order valence-corrected chi connectivity index (χ0v) is 18.9. The minimum Gasteiger partial charge on any atom is -0.478 e. The predicted molar refractivity (Wildman–Crippen MR) is 134 cm³/mol. The van der Waals surface area contributed by atoms with Crippen LogP contribution in [0.3, 0.4) is 0 Å². The molecule has 0 radical (unpaired) electrons. The van der Waals surface area contributed by atoms with Crippen LogP contribution in [0.1, 0.15) is 35.2 Å². The molecule has 0 amide bonds. The summed E-state index contributed by atoms with van der Waals surface area (Å²) in [6, 6.07) is 22.0. The van der Waals surface area contributed by atoms with Gasteiger partial charge in [-0.1, -0.05) is 54.6 Å². The van der Waals surface area contributed by atoms with Crippen LogP contribution in [0.2, 0.25) is 0 Å². The number of benzene rings is 2. The average Bonchev–Trinajstić information content (AvgIpc) is 3.30. The molecule has 7 heteroatoms. The van der Waals surface area contributed by atoms with Crippen molar-refractivity contribution in [2.24, 2.45) is 5.73 Å². The Hall–Kier alpha value is -4.36. The summed E-state index contributed by atoms with van der Waals surface area (Å²) in [5, 5.41) is 14.4. The Morgan fingerprint density at radius 2 is 1.69 bits per heavy atom. The van der Waals surface area contributed by atoms with Gasteiger partial charge >= 0.3 is 5.97 Å². The molecule has 0 bridgehead atoms. The summed E-state index contributed by atoms with van der Waals surface area (Å²) in [4.78, 5) is 20.1. The van der Waals surface area contributed by atoms with Crippen molar-refractivity contribution in [2.45, 2.75) is 24.8 Å². The molecule has 0 saturated heterocycles. The van der Waals surface area contributed by atoms with Gasteiger partial charge in [-0.25, -0.2) is 14.3 Å². The number of carbonyl (C=O) groups is 1. The SMILES string of the molecule is NC1(c2ccc(-c3nn4c(-c5cncc(C(=O)O)c5)cnc4cc3-c3ccccc3)cc2)CCC1. The lowest BCUT2D eigenvalue weighted by Gasteiger charge is -2.38. The highest BCUT2D eigenvalue weighted by molar-refractivity contribution is 5.89. The molecule has 172 valence electrons. The van der Waals surface area contributed by atoms with Crippen LogP contribution >= 0.6 is 0 Å². The molecule has 7 nitrogen and oxygen atoms in total. The first-order valence-corrected chi connectivity index (χ1v) is 11.5. The van der Waals surface area contributed by atoms with E-state index in [1.807, 2.05) is 24.3 Å². The van der Waals surface area contributed by atoms with Crippen molar-refractivity contribution in [1.29, 1.82) is 0 Å². The van der Waals surface area contributed by atoms with Crippen molar-refractivity contribution >= 4 is 11.6 Å². The van der Waals surface area contributed by atoms with Crippen LogP contribution in [0.5, 0.6) is 0 Å². The van der Waals surface area contributed by atoms with E-state index in [1.165, 1.54) is 6.20 Å². The van der Waals surface area contributed by atoms with E-state index in [-0.39, 0.29) is 11.1 Å². The van der Waals surface area contributed by atoms with Crippen LogP contribution in [-0.4, -0.2) is 30.7 Å². The van der Waals surface area contributed by atoms with Crippen molar-refractivity contribution in [2.75, 3.05) is 0 Å². The van der Waals surface area contributed by atoms with Crippen LogP contribution < -0.4 is 5.73 Å². The Morgan fingerprint density at radius 1 is 0.914 bits per heavy atom. The van der Waals surface area contributed by atoms with Gasteiger partial charge in [-0.15, -0.1) is 0 Å². The molecule has 0 unspecified atom stereocenters. The van der Waals surface area contributed by atoms with Gasteiger partial charge in [0.25, 0.3) is 0 Å². The summed E-state index contributed by atoms with van der Waals surface area (Å²) >= 11 is 0. The van der Waals surface area contributed by atoms with E-state index in [1.54, 1.807) is 23.0 Å². The molecule has 0 atom stereocenters. The fraction of sp³-hybridized carbons (Fsp3) is 0.143. The Morgan fingerprint density at radius 3 is 2.37 bits per heavy atom. The zero-order valence-electron chi connectivity index (χ0n) is 18.9. The standard InChI is InChI=1S/C28H23N5O2/c29-28(11-4-12-28)22-9-7-19(8-10-22)26-23(18-5-2-1-3-6-18)14-25-31-17-24(33(25)32-26)20-13-21(27(34)35)16-30-15-20/h1-3,5-10,13-17H,4,11-12,29H2,(H,34,35). The van der Waals surface area contributed by atoms with E-state index in [9.17, 15) is 9.90 Å². The lowest BCUT2D eigenvalue weighted by atomic mass is 9.72. The summed E-state index contributed by atoms with van der Waals surface area (Å²) in [5.41, 5.74) is 13.3. The predicted octanol–water partition coefficient (Wildman–Crippen LogP) is 5.16. The number of fused-ring (bicyclic) bond motifs is 1. The lowest BCUT2D eigenvalue weighted by Crippen LogP contribution is -2.43. The molecule has 3 N–H and O–H groups in total. The number of pyridine rings is 1. The molecule has 0 aliphatic heterocycles. The van der Waals surface area contributed by atoms with Crippen LogP contribution in [0.4, 0.5) is 0 Å². The second-order valence-corrected chi connectivity index (χ2v) is 9.04. The third-order valence-corrected chi connectivity index (χ3v) is 6.84. The molecular weight excluding hydrogens is 438 g/mol. The molecule has 3 aromatic heterocycles. The van der Waals surface area contributed by atoms with Crippen molar-refractivity contribution in [3.8, 4) is 33.6 Å². The highest BCUT2D eigenvalue weighted by atomic mass is 16.4. The summed E-state index contributed by atoms with van der Waals surface area (Å²) in [5.74, 6) is -1.03. The molecular formula is C28H23N5O2. The molecule has 1 aliphatic rings. The average molecular weight is 462 g/mol. The normalized spacial score (nSPS) is 14.5.